The van der Waals surface area contributed by atoms with Crippen LogP contribution in [0.25, 0.3) is 0 Å². The molecule has 41 heavy (non-hydrogen) atoms. The summed E-state index contributed by atoms with van der Waals surface area (Å²) in [6.45, 7) is -5.95. The molecule has 4 rings (SSSR count). The summed E-state index contributed by atoms with van der Waals surface area (Å²) in [5, 5.41) is 10.4. The minimum Gasteiger partial charge on any atom is -0.497 e. The largest absolute Gasteiger partial charge is 0.497 e. The van der Waals surface area contributed by atoms with Gasteiger partial charge in [-0.1, -0.05) is 0 Å². The van der Waals surface area contributed by atoms with E-state index >= 15 is 4.39 Å². The number of hydrogen-bond acceptors (Lipinski definition) is 12. The monoisotopic (exact) mass is 619 g/mol. The van der Waals surface area contributed by atoms with Gasteiger partial charge in [-0.15, -0.1) is 0 Å². The SMILES string of the molecule is COc1ccc(OSP(=O)(OC[C@@]2(C(F)F)O[C@@H](n3ccc(N)nc3=O)[C@H](O)[C@@H]2F)Oc2ccc(OC)cc2)cc1. The van der Waals surface area contributed by atoms with Gasteiger partial charge in [0, 0.05) is 6.20 Å². The van der Waals surface area contributed by atoms with Crippen molar-refractivity contribution in [1.29, 1.82) is 0 Å². The molecule has 0 radical (unpaired) electrons. The van der Waals surface area contributed by atoms with Gasteiger partial charge in [0.15, 0.2) is 29.7 Å². The van der Waals surface area contributed by atoms with Crippen LogP contribution in [0.1, 0.15) is 6.23 Å². The number of rotatable bonds is 12. The standard InChI is InChI=1S/C24H25F3N3O9PS/c1-34-14-3-7-16(8-4-14)38-40(33,41-39-17-9-5-15(35-2)6-10-17)36-13-24(22(26)27)20(25)19(31)21(37-24)30-12-11-18(28)29-23(30)32/h3-12,19-22,31H,13H2,1-2H3,(H2,28,29,32)/t19-,20+,21-,24-,40?/m1/s1. The van der Waals surface area contributed by atoms with Crippen molar-refractivity contribution in [2.24, 2.45) is 0 Å². The number of hydrogen-bond donors (Lipinski definition) is 2. The predicted molar refractivity (Wildman–Crippen MR) is 141 cm³/mol. The molecular formula is C24H25F3N3O9PS. The highest BCUT2D eigenvalue weighted by Crippen LogP contribution is 2.61. The molecule has 222 valence electrons. The third kappa shape index (κ3) is 6.73. The number of aromatic nitrogens is 2. The average molecular weight is 620 g/mol. The van der Waals surface area contributed by atoms with Gasteiger partial charge >= 0.3 is 12.5 Å². The summed E-state index contributed by atoms with van der Waals surface area (Å²) in [5.74, 6) is 0.912. The van der Waals surface area contributed by atoms with E-state index in [1.165, 1.54) is 50.6 Å². The molecule has 0 amide bonds. The average Bonchev–Trinajstić information content (AvgIpc) is 3.22. The number of nitrogens with zero attached hydrogens (tertiary/aromatic N) is 2. The lowest BCUT2D eigenvalue weighted by atomic mass is 9.98. The zero-order valence-electron chi connectivity index (χ0n) is 21.5. The van der Waals surface area contributed by atoms with Crippen LogP contribution in [0.15, 0.2) is 65.6 Å². The normalized spacial score (nSPS) is 23.6. The first kappa shape index (κ1) is 30.5. The third-order valence-electron chi connectivity index (χ3n) is 5.90. The van der Waals surface area contributed by atoms with Gasteiger partial charge in [0.05, 0.1) is 20.8 Å². The van der Waals surface area contributed by atoms with E-state index in [0.717, 1.165) is 12.3 Å². The highest BCUT2D eigenvalue weighted by Gasteiger charge is 2.63. The van der Waals surface area contributed by atoms with E-state index < -0.39 is 49.6 Å². The maximum Gasteiger partial charge on any atom is 0.478 e. The highest BCUT2D eigenvalue weighted by molar-refractivity contribution is 8.52. The molecule has 2 heterocycles. The van der Waals surface area contributed by atoms with Gasteiger partial charge in [-0.3, -0.25) is 9.09 Å². The molecule has 0 saturated carbocycles. The van der Waals surface area contributed by atoms with Crippen LogP contribution in [-0.4, -0.2) is 59.8 Å². The number of anilines is 1. The second-order valence-corrected chi connectivity index (χ2v) is 12.0. The van der Waals surface area contributed by atoms with Crippen molar-refractivity contribution in [1.82, 2.24) is 9.55 Å². The van der Waals surface area contributed by atoms with Crippen molar-refractivity contribution in [2.45, 2.75) is 30.5 Å². The Balaban J connectivity index is 1.60. The topological polar surface area (TPSA) is 154 Å². The Morgan fingerprint density at radius 2 is 1.63 bits per heavy atom. The molecule has 3 aromatic rings. The second-order valence-electron chi connectivity index (χ2n) is 8.52. The Morgan fingerprint density at radius 1 is 1.07 bits per heavy atom. The molecule has 0 spiro atoms. The Labute approximate surface area is 235 Å². The van der Waals surface area contributed by atoms with Gasteiger partial charge in [-0.2, -0.15) is 4.98 Å². The van der Waals surface area contributed by atoms with E-state index in [-0.39, 0.29) is 29.0 Å². The Kier molecular flexibility index (Phi) is 9.39. The summed E-state index contributed by atoms with van der Waals surface area (Å²) in [5.41, 5.74) is 1.19. The van der Waals surface area contributed by atoms with Gasteiger partial charge in [0.25, 0.3) is 6.43 Å². The van der Waals surface area contributed by atoms with E-state index in [1.807, 2.05) is 0 Å². The van der Waals surface area contributed by atoms with Crippen molar-refractivity contribution in [3.8, 4) is 23.0 Å². The molecule has 1 aliphatic rings. The number of benzene rings is 2. The van der Waals surface area contributed by atoms with Crippen molar-refractivity contribution >= 4 is 24.3 Å². The molecule has 17 heteroatoms. The molecule has 1 aliphatic heterocycles. The van der Waals surface area contributed by atoms with Crippen LogP contribution in [0, 0.1) is 0 Å². The number of nitrogen functional groups attached to an aromatic ring is 1. The number of aliphatic hydroxyl groups is 1. The summed E-state index contributed by atoms with van der Waals surface area (Å²) < 4.78 is 90.1. The minimum absolute atomic E-state index is 0.0207. The molecule has 3 N–H and O–H groups in total. The highest BCUT2D eigenvalue weighted by atomic mass is 32.7. The lowest BCUT2D eigenvalue weighted by Crippen LogP contribution is -2.50. The van der Waals surface area contributed by atoms with E-state index in [2.05, 4.69) is 4.98 Å². The maximum absolute atomic E-state index is 15.4. The van der Waals surface area contributed by atoms with Gasteiger partial charge in [0.1, 0.15) is 34.9 Å². The number of nitrogens with two attached hydrogens (primary N) is 1. The van der Waals surface area contributed by atoms with E-state index in [4.69, 9.17) is 33.2 Å². The quantitative estimate of drug-likeness (QED) is 0.223. The minimum atomic E-state index is -4.57. The van der Waals surface area contributed by atoms with Crippen LogP contribution < -0.4 is 29.6 Å². The van der Waals surface area contributed by atoms with E-state index in [0.29, 0.717) is 16.1 Å². The summed E-state index contributed by atoms with van der Waals surface area (Å²) in [6, 6.07) is 12.9. The number of alkyl halides is 3. The van der Waals surface area contributed by atoms with E-state index in [9.17, 15) is 23.2 Å². The first-order chi connectivity index (χ1) is 19.5. The molecule has 0 bridgehead atoms. The summed E-state index contributed by atoms with van der Waals surface area (Å²) in [4.78, 5) is 15.7. The Hall–Kier alpha value is -3.43. The fourth-order valence-corrected chi connectivity index (χ4v) is 6.03. The molecule has 1 aromatic heterocycles. The molecule has 1 unspecified atom stereocenters. The van der Waals surface area contributed by atoms with Crippen molar-refractivity contribution in [3.63, 3.8) is 0 Å². The molecule has 1 saturated heterocycles. The zero-order valence-corrected chi connectivity index (χ0v) is 23.2. The van der Waals surface area contributed by atoms with Gasteiger partial charge < -0.3 is 33.8 Å². The molecule has 1 fully saturated rings. The molecule has 0 aliphatic carbocycles. The van der Waals surface area contributed by atoms with Crippen molar-refractivity contribution < 1.29 is 50.3 Å². The third-order valence-corrected chi connectivity index (χ3v) is 8.54. The molecule has 12 nitrogen and oxygen atoms in total. The van der Waals surface area contributed by atoms with Gasteiger partial charge in [0.2, 0.25) is 0 Å². The lowest BCUT2D eigenvalue weighted by Gasteiger charge is -2.30. The number of methoxy groups -OCH3 is 2. The molecule has 2 aromatic carbocycles. The number of halogens is 3. The predicted octanol–water partition coefficient (Wildman–Crippen LogP) is 4.01. The summed E-state index contributed by atoms with van der Waals surface area (Å²) in [7, 11) is 2.89. The second kappa shape index (κ2) is 12.6. The van der Waals surface area contributed by atoms with Gasteiger partial charge in [-0.05, 0) is 54.6 Å². The molecule has 5 atom stereocenters. The van der Waals surface area contributed by atoms with Crippen LogP contribution >= 0.6 is 18.5 Å². The van der Waals surface area contributed by atoms with Crippen LogP contribution in [0.4, 0.5) is 19.0 Å². The fourth-order valence-electron chi connectivity index (χ4n) is 3.71. The Morgan fingerprint density at radius 3 is 2.17 bits per heavy atom. The first-order valence-electron chi connectivity index (χ1n) is 11.7. The summed E-state index contributed by atoms with van der Waals surface area (Å²) >= 11 is 0.167. The van der Waals surface area contributed by atoms with Gasteiger partial charge in [-0.25, -0.2) is 22.5 Å². The maximum atomic E-state index is 15.4. The number of aliphatic hydroxyl groups excluding tert-OH is 1. The fraction of sp³-hybridized carbons (Fsp3) is 0.333. The summed E-state index contributed by atoms with van der Waals surface area (Å²) in [6.07, 6.45) is -9.58. The lowest BCUT2D eigenvalue weighted by molar-refractivity contribution is -0.182. The van der Waals surface area contributed by atoms with Crippen LogP contribution in [0.2, 0.25) is 0 Å². The van der Waals surface area contributed by atoms with Crippen molar-refractivity contribution in [2.75, 3.05) is 26.6 Å². The van der Waals surface area contributed by atoms with E-state index in [1.54, 1.807) is 12.1 Å². The molecular weight excluding hydrogens is 594 g/mol. The van der Waals surface area contributed by atoms with Crippen LogP contribution in [-0.2, 0) is 13.8 Å². The van der Waals surface area contributed by atoms with Crippen LogP contribution in [0.3, 0.4) is 0 Å². The number of ether oxygens (including phenoxy) is 3. The first-order valence-corrected chi connectivity index (χ1v) is 14.6. The van der Waals surface area contributed by atoms with Crippen molar-refractivity contribution in [3.05, 3.63) is 71.3 Å². The smallest absolute Gasteiger partial charge is 0.478 e. The van der Waals surface area contributed by atoms with Crippen LogP contribution in [0.5, 0.6) is 23.0 Å². The Bertz CT molecular complexity index is 1430. The zero-order chi connectivity index (χ0) is 29.8.